The van der Waals surface area contributed by atoms with Gasteiger partial charge in [0, 0.05) is 59.9 Å². The van der Waals surface area contributed by atoms with Crippen LogP contribution in [-0.2, 0) is 23.0 Å². The Bertz CT molecular complexity index is 2130. The third-order valence-corrected chi connectivity index (χ3v) is 9.15. The number of rotatable bonds is 7. The molecule has 0 unspecified atom stereocenters. The minimum atomic E-state index is -1.46. The van der Waals surface area contributed by atoms with Crippen molar-refractivity contribution in [3.63, 3.8) is 0 Å². The number of aromatic nitrogens is 6. The summed E-state index contributed by atoms with van der Waals surface area (Å²) in [6, 6.07) is 28.1. The van der Waals surface area contributed by atoms with Crippen molar-refractivity contribution in [1.29, 1.82) is 10.5 Å². The molecule has 0 saturated heterocycles. The average molecular weight is 878 g/mol. The Kier molecular flexibility index (Phi) is 20.4. The van der Waals surface area contributed by atoms with Gasteiger partial charge >= 0.3 is 7.12 Å². The molecule has 9 rings (SSSR count). The molecule has 302 valence electrons. The molecular weight excluding hydrogens is 828 g/mol. The van der Waals surface area contributed by atoms with Gasteiger partial charge in [-0.1, -0.05) is 56.0 Å². The van der Waals surface area contributed by atoms with Crippen LogP contribution in [0.5, 0.6) is 0 Å². The molecule has 5 N–H and O–H groups in total. The fourth-order valence-electron chi connectivity index (χ4n) is 5.21. The number of halogens is 1. The summed E-state index contributed by atoms with van der Waals surface area (Å²) in [6.45, 7) is 0.599. The van der Waals surface area contributed by atoms with Crippen LogP contribution in [0.15, 0.2) is 114 Å². The number of nitrogens with zero attached hydrogens (tertiary/aromatic N) is 8. The van der Waals surface area contributed by atoms with Crippen molar-refractivity contribution in [3.8, 4) is 34.4 Å². The molecule has 3 fully saturated rings. The van der Waals surface area contributed by atoms with Gasteiger partial charge in [0.05, 0.1) is 64.5 Å². The Hall–Kier alpha value is -4.85. The number of aliphatic hydroxyl groups is 1. The third kappa shape index (κ3) is 14.9. The third-order valence-electron chi connectivity index (χ3n) is 8.74. The number of hydrogen-bond donors (Lipinski definition) is 4. The molecular formula is C42H50BBrN9NiO3-. The first-order valence-corrected chi connectivity index (χ1v) is 18.5. The van der Waals surface area contributed by atoms with E-state index in [1.807, 2.05) is 64.5 Å². The van der Waals surface area contributed by atoms with Crippen LogP contribution in [0, 0.1) is 30.1 Å². The second kappa shape index (κ2) is 24.0. The number of hydrogen-bond acceptors (Lipinski definition) is 9. The summed E-state index contributed by atoms with van der Waals surface area (Å²) in [4.78, 5) is 0. The Morgan fingerprint density at radius 2 is 1.02 bits per heavy atom. The van der Waals surface area contributed by atoms with Crippen LogP contribution in [0.4, 0.5) is 0 Å². The van der Waals surface area contributed by atoms with Crippen molar-refractivity contribution >= 4 is 28.5 Å². The van der Waals surface area contributed by atoms with E-state index in [0.717, 1.165) is 22.7 Å². The number of nitriles is 2. The summed E-state index contributed by atoms with van der Waals surface area (Å²) in [5.41, 5.74) is 13.0. The van der Waals surface area contributed by atoms with Crippen LogP contribution in [0.1, 0.15) is 80.8 Å². The molecule has 0 spiro atoms. The van der Waals surface area contributed by atoms with E-state index >= 15 is 0 Å². The van der Waals surface area contributed by atoms with E-state index in [0.29, 0.717) is 41.3 Å². The molecule has 3 aliphatic rings. The molecule has 0 aliphatic heterocycles. The molecule has 3 saturated carbocycles. The maximum Gasteiger partial charge on any atom is 0.488 e. The zero-order chi connectivity index (χ0) is 38.5. The monoisotopic (exact) mass is 876 g/mol. The van der Waals surface area contributed by atoms with Crippen molar-refractivity contribution in [3.05, 3.63) is 139 Å². The molecule has 0 radical (unpaired) electrons. The topological polar surface area (TPSA) is 188 Å². The van der Waals surface area contributed by atoms with Crippen molar-refractivity contribution in [2.45, 2.75) is 70.6 Å². The molecule has 15 heteroatoms. The van der Waals surface area contributed by atoms with E-state index in [1.54, 1.807) is 0 Å². The van der Waals surface area contributed by atoms with Crippen LogP contribution < -0.4 is 11.2 Å². The maximum atomic E-state index is 8.72. The van der Waals surface area contributed by atoms with E-state index in [1.165, 1.54) is 79.5 Å². The van der Waals surface area contributed by atoms with Gasteiger partial charge in [0.2, 0.25) is 0 Å². The summed E-state index contributed by atoms with van der Waals surface area (Å²) in [5.74, 6) is 0. The predicted octanol–water partition coefficient (Wildman–Crippen LogP) is 7.01. The predicted molar refractivity (Wildman–Crippen MR) is 225 cm³/mol. The van der Waals surface area contributed by atoms with Gasteiger partial charge in [0.25, 0.3) is 0 Å². The molecule has 0 atom stereocenters. The van der Waals surface area contributed by atoms with Crippen molar-refractivity contribution in [1.82, 2.24) is 29.3 Å². The van der Waals surface area contributed by atoms with Gasteiger partial charge in [-0.05, 0) is 101 Å². The molecule has 3 heterocycles. The second-order valence-electron chi connectivity index (χ2n) is 12.9. The van der Waals surface area contributed by atoms with Gasteiger partial charge in [-0.2, -0.15) is 25.8 Å². The first-order valence-electron chi connectivity index (χ1n) is 17.7. The summed E-state index contributed by atoms with van der Waals surface area (Å²) >= 11 is 3.34. The zero-order valence-corrected chi connectivity index (χ0v) is 33.9. The Balaban J connectivity index is 0.000000260. The van der Waals surface area contributed by atoms with Crippen LogP contribution in [0.3, 0.4) is 0 Å². The zero-order valence-electron chi connectivity index (χ0n) is 31.3. The summed E-state index contributed by atoms with van der Waals surface area (Å²) < 4.78 is 7.21. The summed E-state index contributed by atoms with van der Waals surface area (Å²) in [6.07, 6.45) is 19.5. The average Bonchev–Trinajstić information content (AvgIpc) is 4.20. The molecule has 12 nitrogen and oxygen atoms in total. The largest absolute Gasteiger partial charge is 0.488 e. The standard InChI is InChI=1S/C13H15N3.C13H11N3.C7H6BNO2.C6H7BrN2.CH4O.CH4.CH3.Ni/c2*14-7-10-1-3-11(4-2-10)12-8-15-16(9-12)13-5-6-13;9-5-6-1-3-7(4-2-6)8(10)11;7-5-3-8-9(4-5)6-1-2-6;1-2;;;/h1-4,8-9,13H,5-7,14H2;1-4,8-9,13H,5-6H2;1-4,10-11H;3-4,6H,1-2H2;2H,1H3;1H4;1H3;/q;;;;;;-1;. The van der Waals surface area contributed by atoms with Crippen LogP contribution in [0.2, 0.25) is 0 Å². The van der Waals surface area contributed by atoms with Gasteiger partial charge in [-0.25, -0.2) is 0 Å². The van der Waals surface area contributed by atoms with Gasteiger partial charge < -0.3 is 28.3 Å². The van der Waals surface area contributed by atoms with E-state index < -0.39 is 7.12 Å². The normalized spacial score (nSPS) is 13.1. The van der Waals surface area contributed by atoms with Crippen LogP contribution in [-0.4, -0.2) is 58.7 Å². The first kappa shape index (κ1) is 48.3. The number of nitrogens with two attached hydrogens (primary N) is 1. The fraction of sp³-hybridized carbons (Fsp3) is 0.286. The van der Waals surface area contributed by atoms with Crippen LogP contribution in [0.25, 0.3) is 22.3 Å². The molecule has 57 heavy (non-hydrogen) atoms. The SMILES string of the molecule is Brc1cnn(C2CC2)c1.C.CO.N#Cc1ccc(-c2cnn(C3CC3)c2)cc1.N#Cc1ccc(B(O)O)cc1.NCc1ccc(-c2cnn(C3CC3)c2)cc1.[CH3-].[Ni]. The van der Waals surface area contributed by atoms with E-state index in [-0.39, 0.29) is 31.3 Å². The molecule has 3 aromatic heterocycles. The molecule has 0 amide bonds. The Labute approximate surface area is 354 Å². The van der Waals surface area contributed by atoms with Gasteiger partial charge in [0.1, 0.15) is 0 Å². The van der Waals surface area contributed by atoms with E-state index in [4.69, 9.17) is 31.4 Å². The van der Waals surface area contributed by atoms with E-state index in [9.17, 15) is 0 Å². The Morgan fingerprint density at radius 1 is 0.649 bits per heavy atom. The smallest absolute Gasteiger partial charge is 0.423 e. The summed E-state index contributed by atoms with van der Waals surface area (Å²) in [7, 11) is -0.456. The first-order chi connectivity index (χ1) is 26.3. The molecule has 3 aromatic carbocycles. The van der Waals surface area contributed by atoms with Gasteiger partial charge in [0.15, 0.2) is 0 Å². The number of aliphatic hydroxyl groups excluding tert-OH is 1. The van der Waals surface area contributed by atoms with Gasteiger partial charge in [-0.15, -0.1) is 0 Å². The van der Waals surface area contributed by atoms with Crippen molar-refractivity contribution < 1.29 is 31.6 Å². The summed E-state index contributed by atoms with van der Waals surface area (Å²) in [5, 5.41) is 54.3. The minimum absolute atomic E-state index is 0. The van der Waals surface area contributed by atoms with Crippen LogP contribution >= 0.6 is 15.9 Å². The molecule has 3 aliphatic carbocycles. The number of benzene rings is 3. The fourth-order valence-corrected chi connectivity index (χ4v) is 5.51. The molecule has 0 bridgehead atoms. The quantitative estimate of drug-likeness (QED) is 0.0967. The van der Waals surface area contributed by atoms with Gasteiger partial charge in [-0.3, -0.25) is 14.0 Å². The maximum absolute atomic E-state index is 8.72. The molecule has 6 aromatic rings. The van der Waals surface area contributed by atoms with Crippen molar-refractivity contribution in [2.75, 3.05) is 7.11 Å². The Morgan fingerprint density at radius 3 is 1.35 bits per heavy atom. The van der Waals surface area contributed by atoms with Crippen molar-refractivity contribution in [2.24, 2.45) is 5.73 Å². The minimum Gasteiger partial charge on any atom is -0.423 e. The second-order valence-corrected chi connectivity index (χ2v) is 13.9. The van der Waals surface area contributed by atoms with E-state index in [2.05, 4.69) is 78.6 Å².